The van der Waals surface area contributed by atoms with Crippen LogP contribution < -0.4 is 0 Å². The van der Waals surface area contributed by atoms with E-state index < -0.39 is 14.9 Å². The number of non-ortho nitro benzene ring substituents is 1. The Morgan fingerprint density at radius 3 is 2.39 bits per heavy atom. The van der Waals surface area contributed by atoms with E-state index in [1.807, 2.05) is 0 Å². The highest BCUT2D eigenvalue weighted by Crippen LogP contribution is 2.17. The highest BCUT2D eigenvalue weighted by molar-refractivity contribution is 7.88. The Morgan fingerprint density at radius 2 is 1.91 bits per heavy atom. The number of nitro groups is 1. The summed E-state index contributed by atoms with van der Waals surface area (Å²) in [5.74, 6) is -0.195. The van der Waals surface area contributed by atoms with Crippen LogP contribution in [0.1, 0.15) is 18.1 Å². The molecule has 124 valence electrons. The average Bonchev–Trinajstić information content (AvgIpc) is 2.90. The van der Waals surface area contributed by atoms with Gasteiger partial charge in [-0.1, -0.05) is 19.1 Å². The summed E-state index contributed by atoms with van der Waals surface area (Å²) in [6.45, 7) is 2.35. The molecule has 0 radical (unpaired) electrons. The van der Waals surface area contributed by atoms with Crippen molar-refractivity contribution in [1.29, 1.82) is 0 Å². The van der Waals surface area contributed by atoms with E-state index in [0.29, 0.717) is 12.1 Å². The SMILES string of the molecule is CCN(Cc1cnn(C)c1)S(=O)(=O)Cc1ccc([N+](=O)[O-])cc1. The van der Waals surface area contributed by atoms with Crippen LogP contribution in [-0.4, -0.2) is 34.0 Å². The number of aromatic nitrogens is 2. The largest absolute Gasteiger partial charge is 0.275 e. The van der Waals surface area contributed by atoms with Crippen LogP contribution in [0.25, 0.3) is 0 Å². The minimum atomic E-state index is -3.52. The Balaban J connectivity index is 2.13. The Hall–Kier alpha value is -2.26. The lowest BCUT2D eigenvalue weighted by molar-refractivity contribution is -0.384. The minimum Gasteiger partial charge on any atom is -0.275 e. The first-order valence-corrected chi connectivity index (χ1v) is 8.61. The molecule has 0 aliphatic rings. The van der Waals surface area contributed by atoms with Crippen molar-refractivity contribution in [3.63, 3.8) is 0 Å². The molecule has 0 atom stereocenters. The molecule has 2 rings (SSSR count). The molecule has 0 aliphatic heterocycles. The number of sulfonamides is 1. The lowest BCUT2D eigenvalue weighted by Crippen LogP contribution is -2.31. The summed E-state index contributed by atoms with van der Waals surface area (Å²) in [5, 5.41) is 14.7. The van der Waals surface area contributed by atoms with Gasteiger partial charge in [-0.05, 0) is 5.56 Å². The van der Waals surface area contributed by atoms with Gasteiger partial charge < -0.3 is 0 Å². The van der Waals surface area contributed by atoms with E-state index in [2.05, 4.69) is 5.10 Å². The molecule has 0 fully saturated rings. The van der Waals surface area contributed by atoms with Crippen molar-refractivity contribution in [1.82, 2.24) is 14.1 Å². The average molecular weight is 338 g/mol. The van der Waals surface area contributed by atoms with Crippen molar-refractivity contribution in [3.05, 3.63) is 57.9 Å². The normalized spacial score (nSPS) is 11.8. The van der Waals surface area contributed by atoms with Gasteiger partial charge >= 0.3 is 0 Å². The number of hydrogen-bond acceptors (Lipinski definition) is 5. The molecule has 0 N–H and O–H groups in total. The molecule has 0 bridgehead atoms. The summed E-state index contributed by atoms with van der Waals surface area (Å²) < 4.78 is 28.0. The monoisotopic (exact) mass is 338 g/mol. The molecule has 23 heavy (non-hydrogen) atoms. The van der Waals surface area contributed by atoms with E-state index in [0.717, 1.165) is 5.56 Å². The highest BCUT2D eigenvalue weighted by Gasteiger charge is 2.22. The Bertz CT molecular complexity index is 783. The van der Waals surface area contributed by atoms with Crippen molar-refractivity contribution in [3.8, 4) is 0 Å². The van der Waals surface area contributed by atoms with Gasteiger partial charge in [0.2, 0.25) is 10.0 Å². The summed E-state index contributed by atoms with van der Waals surface area (Å²) in [6.07, 6.45) is 3.40. The van der Waals surface area contributed by atoms with Gasteiger partial charge in [-0.2, -0.15) is 9.40 Å². The fraction of sp³-hybridized carbons (Fsp3) is 0.357. The summed E-state index contributed by atoms with van der Waals surface area (Å²) >= 11 is 0. The molecule has 0 spiro atoms. The van der Waals surface area contributed by atoms with Gasteiger partial charge in [0.15, 0.2) is 0 Å². The maximum Gasteiger partial charge on any atom is 0.269 e. The lowest BCUT2D eigenvalue weighted by atomic mass is 10.2. The van der Waals surface area contributed by atoms with E-state index >= 15 is 0 Å². The zero-order chi connectivity index (χ0) is 17.0. The predicted octanol–water partition coefficient (Wildman–Crippen LogP) is 1.68. The van der Waals surface area contributed by atoms with Crippen LogP contribution in [0, 0.1) is 10.1 Å². The van der Waals surface area contributed by atoms with Crippen molar-refractivity contribution in [2.24, 2.45) is 7.05 Å². The molecule has 0 aliphatic carbocycles. The first-order valence-electron chi connectivity index (χ1n) is 7.00. The van der Waals surface area contributed by atoms with Gasteiger partial charge in [0.05, 0.1) is 16.9 Å². The second-order valence-electron chi connectivity index (χ2n) is 5.13. The third-order valence-electron chi connectivity index (χ3n) is 3.36. The summed E-state index contributed by atoms with van der Waals surface area (Å²) in [5.41, 5.74) is 1.26. The lowest BCUT2D eigenvalue weighted by Gasteiger charge is -2.19. The number of nitrogens with zero attached hydrogens (tertiary/aromatic N) is 4. The van der Waals surface area contributed by atoms with Crippen molar-refractivity contribution in [2.75, 3.05) is 6.54 Å². The van der Waals surface area contributed by atoms with Crippen LogP contribution in [-0.2, 0) is 29.4 Å². The topological polar surface area (TPSA) is 98.3 Å². The molecule has 1 heterocycles. The molecule has 0 unspecified atom stereocenters. The van der Waals surface area contributed by atoms with Gasteiger partial charge in [0.25, 0.3) is 5.69 Å². The molecule has 0 amide bonds. The first kappa shape index (κ1) is 17.1. The fourth-order valence-electron chi connectivity index (χ4n) is 2.18. The summed E-state index contributed by atoms with van der Waals surface area (Å²) in [7, 11) is -1.75. The van der Waals surface area contributed by atoms with Crippen LogP contribution in [0.2, 0.25) is 0 Å². The van der Waals surface area contributed by atoms with Gasteiger partial charge in [-0.15, -0.1) is 0 Å². The number of hydrogen-bond donors (Lipinski definition) is 0. The first-order chi connectivity index (χ1) is 10.8. The van der Waals surface area contributed by atoms with E-state index in [4.69, 9.17) is 0 Å². The van der Waals surface area contributed by atoms with Crippen LogP contribution in [0.4, 0.5) is 5.69 Å². The van der Waals surface area contributed by atoms with Gasteiger partial charge in [-0.25, -0.2) is 8.42 Å². The number of aryl methyl sites for hydroxylation is 1. The van der Waals surface area contributed by atoms with Crippen LogP contribution in [0.3, 0.4) is 0 Å². The van der Waals surface area contributed by atoms with Crippen LogP contribution in [0.15, 0.2) is 36.7 Å². The standard InChI is InChI=1S/C14H18N4O4S/c1-3-17(10-13-8-15-16(2)9-13)23(21,22)11-12-4-6-14(7-5-12)18(19)20/h4-9H,3,10-11H2,1-2H3. The summed E-state index contributed by atoms with van der Waals surface area (Å²) in [6, 6.07) is 5.55. The molecule has 8 nitrogen and oxygen atoms in total. The van der Waals surface area contributed by atoms with Gasteiger partial charge in [0, 0.05) is 44.0 Å². The van der Waals surface area contributed by atoms with E-state index in [1.54, 1.807) is 31.0 Å². The predicted molar refractivity (Wildman–Crippen MR) is 85.0 cm³/mol. The van der Waals surface area contributed by atoms with Gasteiger partial charge in [-0.3, -0.25) is 14.8 Å². The zero-order valence-electron chi connectivity index (χ0n) is 12.9. The highest BCUT2D eigenvalue weighted by atomic mass is 32.2. The number of nitro benzene ring substituents is 1. The van der Waals surface area contributed by atoms with E-state index in [9.17, 15) is 18.5 Å². The maximum atomic E-state index is 12.5. The molecule has 2 aromatic rings. The molecule has 1 aromatic carbocycles. The second kappa shape index (κ2) is 6.88. The molecule has 1 aromatic heterocycles. The molecule has 0 saturated heterocycles. The van der Waals surface area contributed by atoms with Crippen molar-refractivity contribution >= 4 is 15.7 Å². The number of benzene rings is 1. The smallest absolute Gasteiger partial charge is 0.269 e. The third-order valence-corrected chi connectivity index (χ3v) is 5.23. The maximum absolute atomic E-state index is 12.5. The van der Waals surface area contributed by atoms with Crippen molar-refractivity contribution in [2.45, 2.75) is 19.2 Å². The fourth-order valence-corrected chi connectivity index (χ4v) is 3.72. The van der Waals surface area contributed by atoms with E-state index in [1.165, 1.54) is 28.6 Å². The Kier molecular flexibility index (Phi) is 5.12. The quantitative estimate of drug-likeness (QED) is 0.565. The van der Waals surface area contributed by atoms with Crippen LogP contribution in [0.5, 0.6) is 0 Å². The van der Waals surface area contributed by atoms with Crippen LogP contribution >= 0.6 is 0 Å². The zero-order valence-corrected chi connectivity index (χ0v) is 13.7. The molecule has 9 heteroatoms. The Morgan fingerprint density at radius 1 is 1.26 bits per heavy atom. The number of rotatable bonds is 7. The summed E-state index contributed by atoms with van der Waals surface area (Å²) in [4.78, 5) is 10.1. The van der Waals surface area contributed by atoms with E-state index in [-0.39, 0.29) is 18.0 Å². The molecule has 0 saturated carbocycles. The van der Waals surface area contributed by atoms with Gasteiger partial charge in [0.1, 0.15) is 0 Å². The molecular weight excluding hydrogens is 320 g/mol. The van der Waals surface area contributed by atoms with Crippen molar-refractivity contribution < 1.29 is 13.3 Å². The third kappa shape index (κ3) is 4.36. The second-order valence-corrected chi connectivity index (χ2v) is 7.10. The molecular formula is C14H18N4O4S. The minimum absolute atomic E-state index is 0.0612. The Labute approximate surface area is 134 Å².